The van der Waals surface area contributed by atoms with E-state index >= 15 is 0 Å². The summed E-state index contributed by atoms with van der Waals surface area (Å²) in [4.78, 5) is 14.6. The number of carbonyl (C=O) groups excluding carboxylic acids is 1. The van der Waals surface area contributed by atoms with E-state index in [4.69, 9.17) is 0 Å². The molecule has 2 heterocycles. The number of likely N-dealkylation sites (tertiary alicyclic amines) is 1. The summed E-state index contributed by atoms with van der Waals surface area (Å²) in [6.07, 6.45) is 2.97. The van der Waals surface area contributed by atoms with Crippen molar-refractivity contribution in [3.8, 4) is 0 Å². The Kier molecular flexibility index (Phi) is 5.95. The summed E-state index contributed by atoms with van der Waals surface area (Å²) in [5.41, 5.74) is 4.29. The molecule has 1 aliphatic heterocycles. The van der Waals surface area contributed by atoms with Crippen molar-refractivity contribution in [2.24, 2.45) is 18.1 Å². The van der Waals surface area contributed by atoms with Gasteiger partial charge in [0.15, 0.2) is 0 Å². The Labute approximate surface area is 156 Å². The Bertz CT molecular complexity index is 831. The van der Waals surface area contributed by atoms with Crippen LogP contribution in [0.4, 0.5) is 8.78 Å². The van der Waals surface area contributed by atoms with Gasteiger partial charge < -0.3 is 0 Å². The van der Waals surface area contributed by atoms with E-state index in [0.29, 0.717) is 18.8 Å². The van der Waals surface area contributed by atoms with Crippen LogP contribution in [0.1, 0.15) is 29.7 Å². The van der Waals surface area contributed by atoms with E-state index in [1.165, 1.54) is 25.4 Å². The van der Waals surface area contributed by atoms with Gasteiger partial charge >= 0.3 is 0 Å². The number of halogens is 2. The number of carbonyl (C=O) groups is 1. The van der Waals surface area contributed by atoms with Crippen LogP contribution in [0.3, 0.4) is 0 Å². The Morgan fingerprint density at radius 1 is 1.37 bits per heavy atom. The van der Waals surface area contributed by atoms with Crippen LogP contribution in [0.5, 0.6) is 0 Å². The van der Waals surface area contributed by atoms with Crippen molar-refractivity contribution < 1.29 is 13.6 Å². The van der Waals surface area contributed by atoms with Crippen molar-refractivity contribution in [3.05, 3.63) is 52.9 Å². The molecule has 0 saturated carbocycles. The lowest BCUT2D eigenvalue weighted by Crippen LogP contribution is -2.41. The number of hydrogen-bond donors (Lipinski definition) is 1. The van der Waals surface area contributed by atoms with Gasteiger partial charge in [-0.3, -0.25) is 9.69 Å². The summed E-state index contributed by atoms with van der Waals surface area (Å²) in [6, 6.07) is 6.40. The second-order valence-corrected chi connectivity index (χ2v) is 6.85. The largest absolute Gasteiger partial charge is 0.298 e. The van der Waals surface area contributed by atoms with Crippen molar-refractivity contribution >= 4 is 12.1 Å². The van der Waals surface area contributed by atoms with Crippen molar-refractivity contribution in [1.82, 2.24) is 20.1 Å². The predicted molar refractivity (Wildman–Crippen MR) is 98.0 cm³/mol. The number of aromatic nitrogens is 2. The lowest BCUT2D eigenvalue weighted by Gasteiger charge is -2.31. The number of amides is 1. The van der Waals surface area contributed by atoms with Crippen molar-refractivity contribution in [2.75, 3.05) is 13.1 Å². The van der Waals surface area contributed by atoms with Gasteiger partial charge in [0.05, 0.1) is 23.4 Å². The lowest BCUT2D eigenvalue weighted by molar-refractivity contribution is -0.126. The maximum atomic E-state index is 13.9. The number of nitrogens with zero attached hydrogens (tertiary/aromatic N) is 4. The highest BCUT2D eigenvalue weighted by Crippen LogP contribution is 2.19. The number of nitrogens with one attached hydrogen (secondary N) is 1. The van der Waals surface area contributed by atoms with Gasteiger partial charge in [-0.25, -0.2) is 14.5 Å². The Morgan fingerprint density at radius 3 is 2.78 bits per heavy atom. The molecule has 8 heteroatoms. The zero-order chi connectivity index (χ0) is 19.4. The summed E-state index contributed by atoms with van der Waals surface area (Å²) in [6.45, 7) is 3.86. The number of hydrogen-bond acceptors (Lipinski definition) is 4. The second kappa shape index (κ2) is 8.39. The third-order valence-electron chi connectivity index (χ3n) is 4.76. The van der Waals surface area contributed by atoms with Gasteiger partial charge in [0.25, 0.3) is 0 Å². The minimum absolute atomic E-state index is 0.183. The summed E-state index contributed by atoms with van der Waals surface area (Å²) >= 11 is 0. The van der Waals surface area contributed by atoms with Crippen LogP contribution in [-0.2, 0) is 18.4 Å². The Hall–Kier alpha value is -2.61. The van der Waals surface area contributed by atoms with Gasteiger partial charge in [-0.05, 0) is 44.0 Å². The average molecular weight is 375 g/mol. The van der Waals surface area contributed by atoms with E-state index in [2.05, 4.69) is 20.5 Å². The third kappa shape index (κ3) is 4.77. The highest BCUT2D eigenvalue weighted by Gasteiger charge is 2.25. The van der Waals surface area contributed by atoms with Crippen molar-refractivity contribution in [2.45, 2.75) is 26.3 Å². The quantitative estimate of drug-likeness (QED) is 0.645. The molecule has 1 aliphatic rings. The van der Waals surface area contributed by atoms with Crippen LogP contribution in [0.15, 0.2) is 29.4 Å². The van der Waals surface area contributed by atoms with Gasteiger partial charge in [-0.1, -0.05) is 12.1 Å². The van der Waals surface area contributed by atoms with Crippen LogP contribution in [0.2, 0.25) is 0 Å². The molecule has 1 aromatic carbocycles. The monoisotopic (exact) mass is 375 g/mol. The highest BCUT2D eigenvalue weighted by atomic mass is 19.1. The predicted octanol–water partition coefficient (Wildman–Crippen LogP) is 2.37. The lowest BCUT2D eigenvalue weighted by atomic mass is 9.97. The minimum atomic E-state index is -0.492. The fourth-order valence-corrected chi connectivity index (χ4v) is 3.31. The van der Waals surface area contributed by atoms with E-state index in [0.717, 1.165) is 29.6 Å². The number of hydrazone groups is 1. The molecule has 1 saturated heterocycles. The van der Waals surface area contributed by atoms with Crippen LogP contribution in [0.25, 0.3) is 0 Å². The molecular weight excluding hydrogens is 352 g/mol. The molecule has 27 heavy (non-hydrogen) atoms. The molecule has 6 nitrogen and oxygen atoms in total. The molecule has 1 N–H and O–H groups in total. The van der Waals surface area contributed by atoms with Gasteiger partial charge in [0.2, 0.25) is 11.9 Å². The highest BCUT2D eigenvalue weighted by molar-refractivity contribution is 5.84. The number of aryl methyl sites for hydroxylation is 2. The topological polar surface area (TPSA) is 62.5 Å². The van der Waals surface area contributed by atoms with Crippen molar-refractivity contribution in [3.63, 3.8) is 0 Å². The molecule has 144 valence electrons. The van der Waals surface area contributed by atoms with E-state index in [-0.39, 0.29) is 23.2 Å². The second-order valence-electron chi connectivity index (χ2n) is 6.85. The Morgan fingerprint density at radius 2 is 2.11 bits per heavy atom. The standard InChI is InChI=1S/C19H23F2N5O/c1-13-17(18(21)25(2)24-13)10-22-23-19(27)15-4-3-9-26(12-15)11-14-5-7-16(20)8-6-14/h5-8,10,15H,3-4,9,11-12H2,1-2H3,(H,23,27)/b22-10-/t15-/m0/s1. The molecule has 0 bridgehead atoms. The van der Waals surface area contributed by atoms with E-state index < -0.39 is 5.95 Å². The zero-order valence-electron chi connectivity index (χ0n) is 15.5. The molecule has 1 atom stereocenters. The normalized spacial score (nSPS) is 18.1. The summed E-state index contributed by atoms with van der Waals surface area (Å²) < 4.78 is 28.0. The van der Waals surface area contributed by atoms with Crippen molar-refractivity contribution in [1.29, 1.82) is 0 Å². The van der Waals surface area contributed by atoms with Crippen LogP contribution < -0.4 is 5.43 Å². The van der Waals surface area contributed by atoms with Crippen LogP contribution >= 0.6 is 0 Å². The number of rotatable bonds is 5. The molecule has 1 amide bonds. The van der Waals surface area contributed by atoms with Gasteiger partial charge in [0.1, 0.15) is 5.82 Å². The Balaban J connectivity index is 1.55. The van der Waals surface area contributed by atoms with E-state index in [9.17, 15) is 13.6 Å². The van der Waals surface area contributed by atoms with Crippen LogP contribution in [0, 0.1) is 24.6 Å². The zero-order valence-corrected chi connectivity index (χ0v) is 15.5. The number of benzene rings is 1. The van der Waals surface area contributed by atoms with Gasteiger partial charge in [0, 0.05) is 20.1 Å². The van der Waals surface area contributed by atoms with Crippen LogP contribution in [-0.4, -0.2) is 39.9 Å². The van der Waals surface area contributed by atoms with Gasteiger partial charge in [-0.15, -0.1) is 0 Å². The molecule has 1 aromatic heterocycles. The first-order chi connectivity index (χ1) is 12.9. The number of piperidine rings is 1. The molecule has 0 spiro atoms. The molecule has 3 rings (SSSR count). The molecule has 0 radical (unpaired) electrons. The molecule has 2 aromatic rings. The molecule has 0 aliphatic carbocycles. The molecule has 0 unspecified atom stereocenters. The fraction of sp³-hybridized carbons (Fsp3) is 0.421. The summed E-state index contributed by atoms with van der Waals surface area (Å²) in [5.74, 6) is -1.12. The maximum absolute atomic E-state index is 13.9. The fourth-order valence-electron chi connectivity index (χ4n) is 3.31. The first-order valence-corrected chi connectivity index (χ1v) is 8.93. The molecule has 1 fully saturated rings. The van der Waals surface area contributed by atoms with E-state index in [1.54, 1.807) is 19.1 Å². The minimum Gasteiger partial charge on any atom is -0.298 e. The SMILES string of the molecule is Cc1nn(C)c(F)c1/C=N\NC(=O)[C@H]1CCCN(Cc2ccc(F)cc2)C1. The summed E-state index contributed by atoms with van der Waals surface area (Å²) in [7, 11) is 1.51. The third-order valence-corrected chi connectivity index (χ3v) is 4.76. The average Bonchev–Trinajstić information content (AvgIpc) is 2.90. The van der Waals surface area contributed by atoms with E-state index in [1.807, 2.05) is 0 Å². The molecular formula is C19H23F2N5O. The first-order valence-electron chi connectivity index (χ1n) is 8.93. The maximum Gasteiger partial charge on any atom is 0.244 e. The summed E-state index contributed by atoms with van der Waals surface area (Å²) in [5, 5.41) is 7.85. The van der Waals surface area contributed by atoms with Gasteiger partial charge in [-0.2, -0.15) is 14.6 Å². The smallest absolute Gasteiger partial charge is 0.244 e. The first kappa shape index (κ1) is 19.2.